The van der Waals surface area contributed by atoms with E-state index < -0.39 is 0 Å². The third-order valence-electron chi connectivity index (χ3n) is 5.56. The SMILES string of the molecule is C=Cc1ccc(CN(C)CC(C)CC(C)(C)CN(C)Cc2ccc(C=C)cc2)cc1. The van der Waals surface area contributed by atoms with Crippen molar-refractivity contribution in [3.05, 3.63) is 83.9 Å². The summed E-state index contributed by atoms with van der Waals surface area (Å²) in [7, 11) is 4.46. The van der Waals surface area contributed by atoms with Crippen molar-refractivity contribution >= 4 is 12.2 Å². The van der Waals surface area contributed by atoms with Crippen LogP contribution in [0.3, 0.4) is 0 Å². The summed E-state index contributed by atoms with van der Waals surface area (Å²) in [5, 5.41) is 0. The molecular formula is C28H40N2. The summed E-state index contributed by atoms with van der Waals surface area (Å²) in [6.45, 7) is 19.0. The number of nitrogens with zero attached hydrogens (tertiary/aromatic N) is 2. The average Bonchev–Trinajstić information content (AvgIpc) is 2.67. The molecule has 0 spiro atoms. The van der Waals surface area contributed by atoms with Crippen LogP contribution in [0.15, 0.2) is 61.7 Å². The molecule has 0 saturated heterocycles. The van der Waals surface area contributed by atoms with Gasteiger partial charge in [-0.2, -0.15) is 0 Å². The van der Waals surface area contributed by atoms with Gasteiger partial charge in [-0.15, -0.1) is 0 Å². The minimum atomic E-state index is 0.279. The second-order valence-corrected chi connectivity index (χ2v) is 9.73. The molecule has 2 rings (SSSR count). The van der Waals surface area contributed by atoms with Crippen LogP contribution in [0.2, 0.25) is 0 Å². The average molecular weight is 405 g/mol. The highest BCUT2D eigenvalue weighted by Crippen LogP contribution is 2.27. The summed E-state index contributed by atoms with van der Waals surface area (Å²) in [5.41, 5.74) is 5.35. The second-order valence-electron chi connectivity index (χ2n) is 9.73. The van der Waals surface area contributed by atoms with Gasteiger partial charge in [0, 0.05) is 26.2 Å². The highest BCUT2D eigenvalue weighted by molar-refractivity contribution is 5.47. The van der Waals surface area contributed by atoms with E-state index in [4.69, 9.17) is 0 Å². The predicted octanol–water partition coefficient (Wildman–Crippen LogP) is 6.59. The molecule has 2 aromatic rings. The van der Waals surface area contributed by atoms with Crippen LogP contribution in [0.1, 0.15) is 49.4 Å². The van der Waals surface area contributed by atoms with Gasteiger partial charge in [0.05, 0.1) is 0 Å². The zero-order valence-electron chi connectivity index (χ0n) is 19.7. The van der Waals surface area contributed by atoms with Crippen LogP contribution in [-0.2, 0) is 13.1 Å². The Labute approximate surface area is 184 Å². The second kappa shape index (κ2) is 11.3. The molecule has 0 fully saturated rings. The first kappa shape index (κ1) is 24.1. The molecule has 1 atom stereocenters. The van der Waals surface area contributed by atoms with Crippen LogP contribution in [0.4, 0.5) is 0 Å². The van der Waals surface area contributed by atoms with Crippen LogP contribution in [-0.4, -0.2) is 37.0 Å². The molecule has 2 nitrogen and oxygen atoms in total. The summed E-state index contributed by atoms with van der Waals surface area (Å²) in [6, 6.07) is 17.4. The van der Waals surface area contributed by atoms with Gasteiger partial charge in [0.25, 0.3) is 0 Å². The van der Waals surface area contributed by atoms with Gasteiger partial charge in [-0.1, -0.05) is 94.6 Å². The molecule has 162 valence electrons. The van der Waals surface area contributed by atoms with Gasteiger partial charge in [0.15, 0.2) is 0 Å². The highest BCUT2D eigenvalue weighted by atomic mass is 15.1. The summed E-state index contributed by atoms with van der Waals surface area (Å²) >= 11 is 0. The summed E-state index contributed by atoms with van der Waals surface area (Å²) in [5.74, 6) is 0.651. The van der Waals surface area contributed by atoms with E-state index in [0.29, 0.717) is 5.92 Å². The lowest BCUT2D eigenvalue weighted by atomic mass is 9.82. The molecular weight excluding hydrogens is 364 g/mol. The number of hydrogen-bond acceptors (Lipinski definition) is 2. The Morgan fingerprint density at radius 3 is 1.67 bits per heavy atom. The van der Waals surface area contributed by atoms with Crippen LogP contribution in [0.5, 0.6) is 0 Å². The van der Waals surface area contributed by atoms with E-state index in [1.165, 1.54) is 28.7 Å². The van der Waals surface area contributed by atoms with Crippen LogP contribution < -0.4 is 0 Å². The normalized spacial score (nSPS) is 12.9. The van der Waals surface area contributed by atoms with Crippen LogP contribution in [0, 0.1) is 11.3 Å². The van der Waals surface area contributed by atoms with Crippen LogP contribution in [0.25, 0.3) is 12.2 Å². The Bertz CT molecular complexity index is 786. The van der Waals surface area contributed by atoms with Crippen molar-refractivity contribution < 1.29 is 0 Å². The fraction of sp³-hybridized carbons (Fsp3) is 0.429. The molecule has 0 radical (unpaired) electrons. The first-order chi connectivity index (χ1) is 14.2. The number of rotatable bonds is 12. The third-order valence-corrected chi connectivity index (χ3v) is 5.56. The Hall–Kier alpha value is -2.16. The molecule has 0 saturated carbocycles. The number of benzene rings is 2. The quantitative estimate of drug-likeness (QED) is 0.394. The Morgan fingerprint density at radius 1 is 0.800 bits per heavy atom. The zero-order chi connectivity index (χ0) is 22.1. The number of hydrogen-bond donors (Lipinski definition) is 0. The van der Waals surface area contributed by atoms with Gasteiger partial charge >= 0.3 is 0 Å². The van der Waals surface area contributed by atoms with Crippen molar-refractivity contribution in [3.63, 3.8) is 0 Å². The molecule has 0 heterocycles. The maximum absolute atomic E-state index is 3.83. The van der Waals surface area contributed by atoms with Gasteiger partial charge in [-0.25, -0.2) is 0 Å². The van der Waals surface area contributed by atoms with Gasteiger partial charge in [0.1, 0.15) is 0 Å². The van der Waals surface area contributed by atoms with E-state index in [0.717, 1.165) is 26.2 Å². The minimum absolute atomic E-state index is 0.279. The fourth-order valence-corrected chi connectivity index (χ4v) is 4.60. The summed E-state index contributed by atoms with van der Waals surface area (Å²) in [6.07, 6.45) is 5.00. The maximum Gasteiger partial charge on any atom is 0.0230 e. The first-order valence-corrected chi connectivity index (χ1v) is 11.0. The molecule has 0 aliphatic carbocycles. The van der Waals surface area contributed by atoms with Crippen molar-refractivity contribution in [2.75, 3.05) is 27.2 Å². The van der Waals surface area contributed by atoms with Crippen molar-refractivity contribution in [1.29, 1.82) is 0 Å². The lowest BCUT2D eigenvalue weighted by Crippen LogP contribution is -2.34. The van der Waals surface area contributed by atoms with Gasteiger partial charge in [-0.05, 0) is 54.1 Å². The van der Waals surface area contributed by atoms with E-state index in [1.807, 2.05) is 12.2 Å². The molecule has 1 unspecified atom stereocenters. The smallest absolute Gasteiger partial charge is 0.0230 e. The Kier molecular flexibility index (Phi) is 9.08. The maximum atomic E-state index is 3.83. The van der Waals surface area contributed by atoms with Gasteiger partial charge in [0.2, 0.25) is 0 Å². The molecule has 0 amide bonds. The van der Waals surface area contributed by atoms with Crippen molar-refractivity contribution in [2.24, 2.45) is 11.3 Å². The Balaban J connectivity index is 1.80. The fourth-order valence-electron chi connectivity index (χ4n) is 4.60. The van der Waals surface area contributed by atoms with Gasteiger partial charge in [-0.3, -0.25) is 0 Å². The minimum Gasteiger partial charge on any atom is -0.302 e. The van der Waals surface area contributed by atoms with E-state index in [2.05, 4.69) is 106 Å². The molecule has 0 aromatic heterocycles. The molecule has 0 bridgehead atoms. The van der Waals surface area contributed by atoms with Crippen LogP contribution >= 0.6 is 0 Å². The predicted molar refractivity (Wildman–Crippen MR) is 133 cm³/mol. The lowest BCUT2D eigenvalue weighted by Gasteiger charge is -2.34. The van der Waals surface area contributed by atoms with Crippen molar-refractivity contribution in [2.45, 2.75) is 40.3 Å². The third kappa shape index (κ3) is 8.30. The summed E-state index contributed by atoms with van der Waals surface area (Å²) in [4.78, 5) is 4.88. The molecule has 0 N–H and O–H groups in total. The lowest BCUT2D eigenvalue weighted by molar-refractivity contribution is 0.154. The van der Waals surface area contributed by atoms with E-state index in [1.54, 1.807) is 0 Å². The van der Waals surface area contributed by atoms with E-state index in [9.17, 15) is 0 Å². The zero-order valence-corrected chi connectivity index (χ0v) is 19.7. The first-order valence-electron chi connectivity index (χ1n) is 11.0. The molecule has 2 aromatic carbocycles. The molecule has 0 aliphatic heterocycles. The van der Waals surface area contributed by atoms with Gasteiger partial charge < -0.3 is 9.80 Å². The largest absolute Gasteiger partial charge is 0.302 e. The molecule has 0 aliphatic rings. The molecule has 2 heteroatoms. The van der Waals surface area contributed by atoms with E-state index >= 15 is 0 Å². The van der Waals surface area contributed by atoms with E-state index in [-0.39, 0.29) is 5.41 Å². The van der Waals surface area contributed by atoms with Crippen molar-refractivity contribution in [1.82, 2.24) is 9.80 Å². The van der Waals surface area contributed by atoms with Crippen molar-refractivity contribution in [3.8, 4) is 0 Å². The summed E-state index contributed by atoms with van der Waals surface area (Å²) < 4.78 is 0. The topological polar surface area (TPSA) is 6.48 Å². The highest BCUT2D eigenvalue weighted by Gasteiger charge is 2.23. The Morgan fingerprint density at radius 2 is 1.23 bits per heavy atom. The standard InChI is InChI=1S/C28H40N2/c1-8-24-10-14-26(15-11-24)20-29(6)19-23(3)18-28(4,5)22-30(7)21-27-16-12-25(9-2)13-17-27/h8-17,23H,1-2,18-22H2,3-7H3. The monoisotopic (exact) mass is 404 g/mol. The molecule has 30 heavy (non-hydrogen) atoms.